The molecule has 26 heavy (non-hydrogen) atoms. The quantitative estimate of drug-likeness (QED) is 0.890. The van der Waals surface area contributed by atoms with Gasteiger partial charge in [-0.2, -0.15) is 4.98 Å². The van der Waals surface area contributed by atoms with Crippen LogP contribution in [0.3, 0.4) is 0 Å². The molecule has 2 saturated carbocycles. The highest BCUT2D eigenvalue weighted by Crippen LogP contribution is 2.50. The number of aromatic nitrogens is 3. The van der Waals surface area contributed by atoms with Crippen molar-refractivity contribution in [3.8, 4) is 0 Å². The summed E-state index contributed by atoms with van der Waals surface area (Å²) in [5.41, 5.74) is 1.84. The highest BCUT2D eigenvalue weighted by atomic mass is 16.5. The largest absolute Gasteiger partial charge is 0.392 e. The Hall–Kier alpha value is -1.95. The van der Waals surface area contributed by atoms with E-state index in [0.717, 1.165) is 60.6 Å². The standard InChI is InChI=1S/C20H26N4O2/c1-13-7-15(11-25)9-18(21-13)24-10-16-3-2-6-20(16,12-24)19-22-17(23-26-19)8-14-4-5-14/h7,9,14,16,25H,2-6,8,10-12H2,1H3/t16-,20-/m1/s1. The van der Waals surface area contributed by atoms with Crippen LogP contribution in [0.5, 0.6) is 0 Å². The Balaban J connectivity index is 1.43. The maximum atomic E-state index is 9.52. The van der Waals surface area contributed by atoms with Crippen molar-refractivity contribution in [1.29, 1.82) is 0 Å². The first-order valence-electron chi connectivity index (χ1n) is 9.83. The second kappa shape index (κ2) is 6.05. The van der Waals surface area contributed by atoms with Crippen LogP contribution in [-0.2, 0) is 18.4 Å². The molecule has 1 aliphatic heterocycles. The number of hydrogen-bond donors (Lipinski definition) is 1. The van der Waals surface area contributed by atoms with Crippen LogP contribution in [0.4, 0.5) is 5.82 Å². The van der Waals surface area contributed by atoms with E-state index in [2.05, 4.69) is 10.1 Å². The van der Waals surface area contributed by atoms with Crippen molar-refractivity contribution < 1.29 is 9.63 Å². The van der Waals surface area contributed by atoms with Crippen molar-refractivity contribution in [1.82, 2.24) is 15.1 Å². The topological polar surface area (TPSA) is 75.3 Å². The summed E-state index contributed by atoms with van der Waals surface area (Å²) in [5, 5.41) is 13.8. The van der Waals surface area contributed by atoms with E-state index in [4.69, 9.17) is 14.5 Å². The van der Waals surface area contributed by atoms with Crippen LogP contribution in [0.25, 0.3) is 0 Å². The van der Waals surface area contributed by atoms with Gasteiger partial charge in [-0.3, -0.25) is 0 Å². The van der Waals surface area contributed by atoms with Gasteiger partial charge in [-0.05, 0) is 62.1 Å². The van der Waals surface area contributed by atoms with Crippen LogP contribution in [0.1, 0.15) is 55.1 Å². The van der Waals surface area contributed by atoms with E-state index in [1.54, 1.807) is 0 Å². The van der Waals surface area contributed by atoms with Gasteiger partial charge in [0.2, 0.25) is 5.89 Å². The molecule has 3 heterocycles. The second-order valence-electron chi connectivity index (χ2n) is 8.42. The van der Waals surface area contributed by atoms with Crippen molar-refractivity contribution in [2.45, 2.75) is 57.5 Å². The van der Waals surface area contributed by atoms with Gasteiger partial charge in [-0.25, -0.2) is 4.98 Å². The molecule has 2 atom stereocenters. The van der Waals surface area contributed by atoms with E-state index in [1.165, 1.54) is 25.7 Å². The van der Waals surface area contributed by atoms with Gasteiger partial charge in [-0.15, -0.1) is 0 Å². The normalized spacial score (nSPS) is 27.9. The first kappa shape index (κ1) is 16.2. The molecular formula is C20H26N4O2. The van der Waals surface area contributed by atoms with Gasteiger partial charge in [0.05, 0.1) is 12.0 Å². The minimum Gasteiger partial charge on any atom is -0.392 e. The number of aryl methyl sites for hydroxylation is 1. The lowest BCUT2D eigenvalue weighted by Gasteiger charge is -2.24. The average Bonchev–Trinajstić information content (AvgIpc) is 3.03. The van der Waals surface area contributed by atoms with E-state index < -0.39 is 0 Å². The van der Waals surface area contributed by atoms with Gasteiger partial charge < -0.3 is 14.5 Å². The van der Waals surface area contributed by atoms with Crippen LogP contribution >= 0.6 is 0 Å². The molecule has 0 amide bonds. The van der Waals surface area contributed by atoms with E-state index >= 15 is 0 Å². The Kier molecular flexibility index (Phi) is 3.78. The molecule has 0 radical (unpaired) electrons. The van der Waals surface area contributed by atoms with Crippen molar-refractivity contribution in [2.24, 2.45) is 11.8 Å². The predicted molar refractivity (Wildman–Crippen MR) is 96.9 cm³/mol. The molecule has 3 fully saturated rings. The van der Waals surface area contributed by atoms with E-state index in [9.17, 15) is 5.11 Å². The fourth-order valence-electron chi connectivity index (χ4n) is 4.91. The Morgan fingerprint density at radius 2 is 2.15 bits per heavy atom. The zero-order valence-corrected chi connectivity index (χ0v) is 15.3. The number of rotatable bonds is 5. The van der Waals surface area contributed by atoms with Gasteiger partial charge in [0.15, 0.2) is 5.82 Å². The molecule has 6 heteroatoms. The third-order valence-electron chi connectivity index (χ3n) is 6.44. The van der Waals surface area contributed by atoms with Gasteiger partial charge in [0.1, 0.15) is 5.82 Å². The summed E-state index contributed by atoms with van der Waals surface area (Å²) in [7, 11) is 0. The number of anilines is 1. The lowest BCUT2D eigenvalue weighted by molar-refractivity contribution is 0.265. The van der Waals surface area contributed by atoms with Crippen LogP contribution in [0.2, 0.25) is 0 Å². The summed E-state index contributed by atoms with van der Waals surface area (Å²) in [6.45, 7) is 3.89. The molecule has 0 bridgehead atoms. The summed E-state index contributed by atoms with van der Waals surface area (Å²) in [6.07, 6.45) is 7.11. The number of hydrogen-bond acceptors (Lipinski definition) is 6. The highest BCUT2D eigenvalue weighted by Gasteiger charge is 2.54. The van der Waals surface area contributed by atoms with Gasteiger partial charge in [0.25, 0.3) is 0 Å². The zero-order valence-electron chi connectivity index (χ0n) is 15.3. The van der Waals surface area contributed by atoms with E-state index in [0.29, 0.717) is 5.92 Å². The molecule has 138 valence electrons. The van der Waals surface area contributed by atoms with Crippen molar-refractivity contribution in [2.75, 3.05) is 18.0 Å². The first-order valence-corrected chi connectivity index (χ1v) is 9.83. The molecule has 2 aromatic rings. The van der Waals surface area contributed by atoms with Crippen molar-refractivity contribution >= 4 is 5.82 Å². The van der Waals surface area contributed by atoms with Crippen LogP contribution in [0.15, 0.2) is 16.7 Å². The van der Waals surface area contributed by atoms with Gasteiger partial charge in [0, 0.05) is 25.2 Å². The molecule has 1 saturated heterocycles. The van der Waals surface area contributed by atoms with Gasteiger partial charge in [-0.1, -0.05) is 11.6 Å². The third kappa shape index (κ3) is 2.71. The summed E-state index contributed by atoms with van der Waals surface area (Å²) < 4.78 is 5.79. The molecule has 0 unspecified atom stereocenters. The minimum absolute atomic E-state index is 0.0282. The number of aliphatic hydroxyl groups is 1. The fraction of sp³-hybridized carbons (Fsp3) is 0.650. The molecule has 0 spiro atoms. The fourth-order valence-corrected chi connectivity index (χ4v) is 4.91. The van der Waals surface area contributed by atoms with Crippen LogP contribution in [0, 0.1) is 18.8 Å². The smallest absolute Gasteiger partial charge is 0.235 e. The number of nitrogens with zero attached hydrogens (tertiary/aromatic N) is 4. The SMILES string of the molecule is Cc1cc(CO)cc(N2C[C@H]3CCC[C@@]3(c3nc(CC4CC4)no3)C2)n1. The summed E-state index contributed by atoms with van der Waals surface area (Å²) in [5.74, 6) is 3.99. The minimum atomic E-state index is -0.0282. The summed E-state index contributed by atoms with van der Waals surface area (Å²) in [4.78, 5) is 11.9. The summed E-state index contributed by atoms with van der Waals surface area (Å²) in [6, 6.07) is 3.95. The van der Waals surface area contributed by atoms with Crippen LogP contribution < -0.4 is 4.90 Å². The molecular weight excluding hydrogens is 328 g/mol. The molecule has 5 rings (SSSR count). The first-order chi connectivity index (χ1) is 12.7. The monoisotopic (exact) mass is 354 g/mol. The second-order valence-corrected chi connectivity index (χ2v) is 8.42. The Morgan fingerprint density at radius 1 is 1.27 bits per heavy atom. The predicted octanol–water partition coefficient (Wildman–Crippen LogP) is 2.78. The Labute approximate surface area is 153 Å². The van der Waals surface area contributed by atoms with E-state index in [-0.39, 0.29) is 12.0 Å². The lowest BCUT2D eigenvalue weighted by atomic mass is 9.80. The van der Waals surface area contributed by atoms with Crippen LogP contribution in [-0.4, -0.2) is 33.3 Å². The highest BCUT2D eigenvalue weighted by molar-refractivity contribution is 5.46. The molecule has 1 N–H and O–H groups in total. The molecule has 6 nitrogen and oxygen atoms in total. The summed E-state index contributed by atoms with van der Waals surface area (Å²) >= 11 is 0. The lowest BCUT2D eigenvalue weighted by Crippen LogP contribution is -2.32. The number of fused-ring (bicyclic) bond motifs is 1. The molecule has 3 aliphatic rings. The molecule has 0 aromatic carbocycles. The number of aliphatic hydroxyl groups excluding tert-OH is 1. The van der Waals surface area contributed by atoms with Gasteiger partial charge >= 0.3 is 0 Å². The third-order valence-corrected chi connectivity index (χ3v) is 6.44. The van der Waals surface area contributed by atoms with Crippen molar-refractivity contribution in [3.63, 3.8) is 0 Å². The molecule has 2 aliphatic carbocycles. The Bertz CT molecular complexity index is 816. The van der Waals surface area contributed by atoms with E-state index in [1.807, 2.05) is 19.1 Å². The molecule has 2 aromatic heterocycles. The average molecular weight is 354 g/mol. The maximum Gasteiger partial charge on any atom is 0.235 e. The Morgan fingerprint density at radius 3 is 2.96 bits per heavy atom. The van der Waals surface area contributed by atoms with Crippen molar-refractivity contribution in [3.05, 3.63) is 35.1 Å². The zero-order chi connectivity index (χ0) is 17.7. The number of pyridine rings is 1. The maximum absolute atomic E-state index is 9.52.